The number of hydrogen-bond donors (Lipinski definition) is 3. The molecule has 2 aromatic heterocycles. The third kappa shape index (κ3) is 5.09. The molecule has 5 rings (SSSR count). The molecule has 0 radical (unpaired) electrons. The lowest BCUT2D eigenvalue weighted by Crippen LogP contribution is -2.24. The minimum Gasteiger partial charge on any atom is -0.367 e. The number of benzene rings is 2. The molecule has 1 aliphatic rings. The van der Waals surface area contributed by atoms with Crippen molar-refractivity contribution in [2.24, 2.45) is 5.73 Å². The molecule has 0 bridgehead atoms. The van der Waals surface area contributed by atoms with Gasteiger partial charge in [-0.3, -0.25) is 9.20 Å². The number of rotatable bonds is 7. The third-order valence-corrected chi connectivity index (χ3v) is 6.70. The van der Waals surface area contributed by atoms with Crippen molar-refractivity contribution in [3.63, 3.8) is 0 Å². The summed E-state index contributed by atoms with van der Waals surface area (Å²) in [6, 6.07) is 14.7. The van der Waals surface area contributed by atoms with Gasteiger partial charge in [-0.2, -0.15) is 0 Å². The van der Waals surface area contributed by atoms with Gasteiger partial charge in [-0.1, -0.05) is 43.5 Å². The summed E-state index contributed by atoms with van der Waals surface area (Å²) >= 11 is 0. The average Bonchev–Trinajstić information content (AvgIpc) is 3.26. The monoisotopic (exact) mass is 489 g/mol. The van der Waals surface area contributed by atoms with Crippen molar-refractivity contribution in [3.8, 4) is 11.3 Å². The van der Waals surface area contributed by atoms with Crippen LogP contribution < -0.4 is 16.4 Å². The van der Waals surface area contributed by atoms with Crippen molar-refractivity contribution in [3.05, 3.63) is 89.1 Å². The van der Waals surface area contributed by atoms with Gasteiger partial charge in [0.15, 0.2) is 0 Å². The van der Waals surface area contributed by atoms with Crippen LogP contribution in [0.15, 0.2) is 60.8 Å². The number of fused-ring (bicyclic) bond motifs is 1. The number of carbonyl (C=O) groups excluding carboxylic acids is 1. The molecule has 1 aliphatic carbocycles. The van der Waals surface area contributed by atoms with E-state index in [9.17, 15) is 13.6 Å². The van der Waals surface area contributed by atoms with Gasteiger partial charge in [0.2, 0.25) is 0 Å². The minimum atomic E-state index is -0.552. The van der Waals surface area contributed by atoms with E-state index in [1.807, 2.05) is 24.3 Å². The van der Waals surface area contributed by atoms with Gasteiger partial charge in [-0.05, 0) is 54.3 Å². The lowest BCUT2D eigenvalue weighted by molar-refractivity contribution is 0.0951. The van der Waals surface area contributed by atoms with Crippen LogP contribution in [0.1, 0.15) is 53.6 Å². The highest BCUT2D eigenvalue weighted by atomic mass is 19.1. The quantitative estimate of drug-likeness (QED) is 0.324. The molecule has 0 unspecified atom stereocenters. The highest BCUT2D eigenvalue weighted by molar-refractivity contribution is 5.95. The van der Waals surface area contributed by atoms with E-state index < -0.39 is 11.6 Å². The number of pyridine rings is 1. The molecule has 0 atom stereocenters. The zero-order valence-corrected chi connectivity index (χ0v) is 19.9. The zero-order valence-electron chi connectivity index (χ0n) is 19.9. The largest absolute Gasteiger partial charge is 0.367 e. The fourth-order valence-electron chi connectivity index (χ4n) is 4.78. The van der Waals surface area contributed by atoms with Gasteiger partial charge in [0.05, 0.1) is 0 Å². The summed E-state index contributed by atoms with van der Waals surface area (Å²) in [6.07, 6.45) is 7.20. The van der Waals surface area contributed by atoms with Crippen LogP contribution in [0.2, 0.25) is 0 Å². The Morgan fingerprint density at radius 1 is 1.03 bits per heavy atom. The van der Waals surface area contributed by atoms with E-state index in [2.05, 4.69) is 15.6 Å². The zero-order chi connectivity index (χ0) is 25.1. The molecule has 2 heterocycles. The molecule has 4 N–H and O–H groups in total. The summed E-state index contributed by atoms with van der Waals surface area (Å²) in [7, 11) is 0. The molecule has 1 amide bonds. The lowest BCUT2D eigenvalue weighted by Gasteiger charge is -2.24. The fourth-order valence-corrected chi connectivity index (χ4v) is 4.78. The maximum Gasteiger partial charge on any atom is 0.251 e. The number of hydrogen-bond acceptors (Lipinski definition) is 4. The molecule has 0 spiro atoms. The van der Waals surface area contributed by atoms with Gasteiger partial charge >= 0.3 is 0 Å². The van der Waals surface area contributed by atoms with Crippen molar-refractivity contribution in [1.29, 1.82) is 0 Å². The summed E-state index contributed by atoms with van der Waals surface area (Å²) in [4.78, 5) is 17.5. The summed E-state index contributed by atoms with van der Waals surface area (Å²) < 4.78 is 30.6. The van der Waals surface area contributed by atoms with Crippen LogP contribution in [0.3, 0.4) is 0 Å². The Morgan fingerprint density at radius 2 is 1.83 bits per heavy atom. The summed E-state index contributed by atoms with van der Waals surface area (Å²) in [6.45, 7) is 0.796. The SMILES string of the molecule is NCc1cccc(CNC(=O)c2ccn3c(NC4CCCCC4)c(-c4cc(F)ccc4F)nc3c2)c1. The van der Waals surface area contributed by atoms with Crippen molar-refractivity contribution in [1.82, 2.24) is 14.7 Å². The number of nitrogens with two attached hydrogens (primary N) is 1. The van der Waals surface area contributed by atoms with E-state index in [-0.39, 0.29) is 17.5 Å². The standard InChI is InChI=1S/C28H29F2N5O/c29-21-9-10-24(30)23(15-21)26-27(33-22-7-2-1-3-8-22)35-12-11-20(14-25(35)34-26)28(36)32-17-19-6-4-5-18(13-19)16-31/h4-6,9-15,22,33H,1-3,7-8,16-17,31H2,(H,32,36). The van der Waals surface area contributed by atoms with Gasteiger partial charge < -0.3 is 16.4 Å². The van der Waals surface area contributed by atoms with Gasteiger partial charge in [0, 0.05) is 36.5 Å². The Kier molecular flexibility index (Phi) is 6.95. The lowest BCUT2D eigenvalue weighted by atomic mass is 9.95. The van der Waals surface area contributed by atoms with Crippen molar-refractivity contribution in [2.75, 3.05) is 5.32 Å². The molecule has 0 aliphatic heterocycles. The second-order valence-corrected chi connectivity index (χ2v) is 9.26. The Labute approximate surface area is 208 Å². The second kappa shape index (κ2) is 10.5. The van der Waals surface area contributed by atoms with E-state index in [1.54, 1.807) is 22.7 Å². The predicted octanol–water partition coefficient (Wildman–Crippen LogP) is 5.41. The Hall–Kier alpha value is -3.78. The van der Waals surface area contributed by atoms with E-state index >= 15 is 0 Å². The van der Waals surface area contributed by atoms with E-state index in [0.717, 1.165) is 55.0 Å². The van der Waals surface area contributed by atoms with E-state index in [0.29, 0.717) is 35.8 Å². The van der Waals surface area contributed by atoms with Crippen LogP contribution in [-0.4, -0.2) is 21.3 Å². The first-order valence-electron chi connectivity index (χ1n) is 12.3. The predicted molar refractivity (Wildman–Crippen MR) is 137 cm³/mol. The van der Waals surface area contributed by atoms with Crippen LogP contribution in [0.25, 0.3) is 16.9 Å². The molecular formula is C28H29F2N5O. The van der Waals surface area contributed by atoms with Crippen molar-refractivity contribution in [2.45, 2.75) is 51.2 Å². The van der Waals surface area contributed by atoms with Crippen molar-refractivity contribution >= 4 is 17.4 Å². The van der Waals surface area contributed by atoms with Gasteiger partial charge in [0.1, 0.15) is 28.8 Å². The molecular weight excluding hydrogens is 460 g/mol. The van der Waals surface area contributed by atoms with Crippen molar-refractivity contribution < 1.29 is 13.6 Å². The number of carbonyl (C=O) groups is 1. The first kappa shape index (κ1) is 23.9. The molecule has 186 valence electrons. The number of nitrogens with one attached hydrogen (secondary N) is 2. The maximum absolute atomic E-state index is 14.7. The average molecular weight is 490 g/mol. The highest BCUT2D eigenvalue weighted by Crippen LogP contribution is 2.33. The summed E-state index contributed by atoms with van der Waals surface area (Å²) in [5, 5.41) is 6.45. The first-order chi connectivity index (χ1) is 17.5. The van der Waals surface area contributed by atoms with Gasteiger partial charge in [0.25, 0.3) is 5.91 Å². The smallest absolute Gasteiger partial charge is 0.251 e. The third-order valence-electron chi connectivity index (χ3n) is 6.70. The topological polar surface area (TPSA) is 84.5 Å². The fraction of sp³-hybridized carbons (Fsp3) is 0.286. The molecule has 0 saturated heterocycles. The molecule has 36 heavy (non-hydrogen) atoms. The minimum absolute atomic E-state index is 0.0859. The molecule has 8 heteroatoms. The Morgan fingerprint density at radius 3 is 2.64 bits per heavy atom. The van der Waals surface area contributed by atoms with E-state index in [1.165, 1.54) is 6.42 Å². The van der Waals surface area contributed by atoms with Crippen LogP contribution in [0, 0.1) is 11.6 Å². The number of amides is 1. The van der Waals surface area contributed by atoms with Crippen LogP contribution >= 0.6 is 0 Å². The van der Waals surface area contributed by atoms with Crippen LogP contribution in [0.5, 0.6) is 0 Å². The molecule has 1 fully saturated rings. The van der Waals surface area contributed by atoms with E-state index in [4.69, 9.17) is 5.73 Å². The highest BCUT2D eigenvalue weighted by Gasteiger charge is 2.22. The second-order valence-electron chi connectivity index (χ2n) is 9.26. The number of halogens is 2. The number of nitrogens with zero attached hydrogens (tertiary/aromatic N) is 2. The Balaban J connectivity index is 1.46. The summed E-state index contributed by atoms with van der Waals surface area (Å²) in [5.74, 6) is -0.735. The number of aromatic nitrogens is 2. The summed E-state index contributed by atoms with van der Waals surface area (Å²) in [5.41, 5.74) is 8.97. The molecule has 1 saturated carbocycles. The Bertz CT molecular complexity index is 1390. The van der Waals surface area contributed by atoms with Crippen LogP contribution in [0.4, 0.5) is 14.6 Å². The number of imidazole rings is 1. The maximum atomic E-state index is 14.7. The molecule has 2 aromatic carbocycles. The van der Waals surface area contributed by atoms with Crippen LogP contribution in [-0.2, 0) is 13.1 Å². The van der Waals surface area contributed by atoms with Gasteiger partial charge in [-0.25, -0.2) is 13.8 Å². The number of anilines is 1. The van der Waals surface area contributed by atoms with Gasteiger partial charge in [-0.15, -0.1) is 0 Å². The molecule has 4 aromatic rings. The first-order valence-corrected chi connectivity index (χ1v) is 12.3. The molecule has 6 nitrogen and oxygen atoms in total. The normalized spacial score (nSPS) is 14.2.